The Hall–Kier alpha value is -4.72. The molecule has 2 N–H and O–H groups in total. The van der Waals surface area contributed by atoms with Crippen LogP contribution in [0.2, 0.25) is 0 Å². The average Bonchev–Trinajstić information content (AvgIpc) is 3.47. The number of alkyl halides is 3. The summed E-state index contributed by atoms with van der Waals surface area (Å²) in [5.74, 6) is -0.124. The monoisotopic (exact) mass is 555 g/mol. The molecule has 1 amide bonds. The van der Waals surface area contributed by atoms with Crippen LogP contribution in [-0.2, 0) is 21.9 Å². The van der Waals surface area contributed by atoms with Crippen LogP contribution in [0.25, 0.3) is 33.4 Å². The van der Waals surface area contributed by atoms with Crippen LogP contribution >= 0.6 is 0 Å². The van der Waals surface area contributed by atoms with E-state index in [0.29, 0.717) is 22.5 Å². The van der Waals surface area contributed by atoms with E-state index in [2.05, 4.69) is 25.8 Å². The van der Waals surface area contributed by atoms with E-state index in [4.69, 9.17) is 0 Å². The summed E-state index contributed by atoms with van der Waals surface area (Å²) in [6.45, 7) is 1.30. The minimum absolute atomic E-state index is 0.0537. The number of carbonyl (C=O) groups excluding carboxylic acids is 1. The summed E-state index contributed by atoms with van der Waals surface area (Å²) in [7, 11) is -4.27. The number of aromatic nitrogens is 5. The number of amides is 1. The number of hydrogen-bond donors (Lipinski definition) is 2. The van der Waals surface area contributed by atoms with Crippen molar-refractivity contribution in [2.24, 2.45) is 7.05 Å². The fraction of sp³-hybridized carbons (Fsp3) is 0.120. The van der Waals surface area contributed by atoms with Crippen molar-refractivity contribution in [2.45, 2.75) is 12.4 Å². The van der Waals surface area contributed by atoms with E-state index in [1.165, 1.54) is 36.0 Å². The second-order valence-electron chi connectivity index (χ2n) is 8.55. The van der Waals surface area contributed by atoms with Gasteiger partial charge in [0.2, 0.25) is 5.91 Å². The molecule has 0 unspecified atom stereocenters. The van der Waals surface area contributed by atoms with Gasteiger partial charge in [0.15, 0.2) is 0 Å². The fourth-order valence-electron chi connectivity index (χ4n) is 3.97. The van der Waals surface area contributed by atoms with Gasteiger partial charge in [-0.1, -0.05) is 30.3 Å². The van der Waals surface area contributed by atoms with Gasteiger partial charge in [-0.05, 0) is 30.3 Å². The Labute approximate surface area is 220 Å². The second kappa shape index (κ2) is 9.54. The number of benzene rings is 2. The molecule has 200 valence electrons. The highest BCUT2D eigenvalue weighted by Crippen LogP contribution is 2.38. The minimum atomic E-state index is -5.93. The molecule has 10 nitrogen and oxygen atoms in total. The standard InChI is InChI=1S/C25H20F3N7O3S/c1-15(36)30-19-10-6-7-16(11-19)22-23-21(35(33-22)39(37,38)25(26,27)28)12-20(17-13-29-34(2)14-17)24(32-23)31-18-8-4-3-5-9-18/h3-14H,1-2H3,(H,30,36)(H,31,32). The quantitative estimate of drug-likeness (QED) is 0.306. The van der Waals surface area contributed by atoms with Gasteiger partial charge in [-0.15, -0.1) is 4.09 Å². The Morgan fingerprint density at radius 3 is 2.33 bits per heavy atom. The first kappa shape index (κ1) is 25.9. The van der Waals surface area contributed by atoms with Gasteiger partial charge in [0.25, 0.3) is 0 Å². The first-order chi connectivity index (χ1) is 18.4. The first-order valence-corrected chi connectivity index (χ1v) is 12.8. The maximum atomic E-state index is 13.7. The predicted molar refractivity (Wildman–Crippen MR) is 140 cm³/mol. The highest BCUT2D eigenvalue weighted by molar-refractivity contribution is 7.90. The largest absolute Gasteiger partial charge is 0.518 e. The van der Waals surface area contributed by atoms with Crippen molar-refractivity contribution in [2.75, 3.05) is 10.6 Å². The lowest BCUT2D eigenvalue weighted by Gasteiger charge is -2.12. The van der Waals surface area contributed by atoms with Crippen LogP contribution in [0, 0.1) is 0 Å². The molecule has 0 bridgehead atoms. The topological polar surface area (TPSA) is 124 Å². The number of pyridine rings is 1. The van der Waals surface area contributed by atoms with Gasteiger partial charge in [-0.2, -0.15) is 31.8 Å². The van der Waals surface area contributed by atoms with Crippen LogP contribution in [-0.4, -0.2) is 43.8 Å². The van der Waals surface area contributed by atoms with Gasteiger partial charge in [0.1, 0.15) is 22.5 Å². The molecule has 0 aliphatic heterocycles. The van der Waals surface area contributed by atoms with Gasteiger partial charge in [-0.3, -0.25) is 9.48 Å². The number of carbonyl (C=O) groups is 1. The number of rotatable bonds is 6. The highest BCUT2D eigenvalue weighted by Gasteiger charge is 2.49. The maximum absolute atomic E-state index is 13.7. The molecule has 0 spiro atoms. The molecular weight excluding hydrogens is 535 g/mol. The molecule has 0 aliphatic carbocycles. The van der Waals surface area contributed by atoms with Crippen LogP contribution < -0.4 is 10.6 Å². The number of halogens is 3. The molecule has 0 saturated heterocycles. The lowest BCUT2D eigenvalue weighted by molar-refractivity contribution is -0.114. The summed E-state index contributed by atoms with van der Waals surface area (Å²) >= 11 is 0. The Morgan fingerprint density at radius 1 is 0.974 bits per heavy atom. The van der Waals surface area contributed by atoms with Gasteiger partial charge >= 0.3 is 15.5 Å². The Balaban J connectivity index is 1.83. The number of hydrogen-bond acceptors (Lipinski definition) is 7. The molecule has 3 heterocycles. The lowest BCUT2D eigenvalue weighted by atomic mass is 10.1. The van der Waals surface area contributed by atoms with E-state index in [-0.39, 0.29) is 38.1 Å². The van der Waals surface area contributed by atoms with E-state index < -0.39 is 15.5 Å². The average molecular weight is 556 g/mol. The Bertz CT molecular complexity index is 1810. The van der Waals surface area contributed by atoms with Crippen molar-refractivity contribution < 1.29 is 26.4 Å². The fourth-order valence-corrected chi connectivity index (χ4v) is 4.76. The van der Waals surface area contributed by atoms with Crippen molar-refractivity contribution in [3.8, 4) is 22.4 Å². The van der Waals surface area contributed by atoms with Crippen molar-refractivity contribution in [1.82, 2.24) is 24.0 Å². The normalized spacial score (nSPS) is 12.0. The molecular formula is C25H20F3N7O3S. The number of para-hydroxylation sites is 1. The number of anilines is 3. The molecule has 0 atom stereocenters. The molecule has 14 heteroatoms. The molecule has 3 aromatic heterocycles. The van der Waals surface area contributed by atoms with Gasteiger partial charge < -0.3 is 10.6 Å². The smallest absolute Gasteiger partial charge is 0.340 e. The highest BCUT2D eigenvalue weighted by atomic mass is 32.2. The minimum Gasteiger partial charge on any atom is -0.340 e. The van der Waals surface area contributed by atoms with Crippen molar-refractivity contribution >= 4 is 44.2 Å². The molecule has 39 heavy (non-hydrogen) atoms. The summed E-state index contributed by atoms with van der Waals surface area (Å²) < 4.78 is 67.8. The number of nitrogens with one attached hydrogen (secondary N) is 2. The van der Waals surface area contributed by atoms with E-state index in [9.17, 15) is 26.4 Å². The van der Waals surface area contributed by atoms with E-state index in [0.717, 1.165) is 0 Å². The van der Waals surface area contributed by atoms with Gasteiger partial charge in [0.05, 0.1) is 6.20 Å². The molecule has 0 saturated carbocycles. The molecule has 0 radical (unpaired) electrons. The van der Waals surface area contributed by atoms with Crippen LogP contribution in [0.1, 0.15) is 6.92 Å². The molecule has 5 rings (SSSR count). The van der Waals surface area contributed by atoms with Crippen LogP contribution in [0.15, 0.2) is 73.1 Å². The van der Waals surface area contributed by atoms with E-state index >= 15 is 0 Å². The van der Waals surface area contributed by atoms with Crippen LogP contribution in [0.5, 0.6) is 0 Å². The summed E-state index contributed by atoms with van der Waals surface area (Å²) in [5.41, 5.74) is -4.23. The summed E-state index contributed by atoms with van der Waals surface area (Å²) in [6, 6.07) is 16.3. The molecule has 2 aromatic carbocycles. The zero-order chi connectivity index (χ0) is 27.9. The van der Waals surface area contributed by atoms with E-state index in [1.807, 2.05) is 6.07 Å². The van der Waals surface area contributed by atoms with Gasteiger partial charge in [0, 0.05) is 48.2 Å². The number of nitrogens with zero attached hydrogens (tertiary/aromatic N) is 5. The van der Waals surface area contributed by atoms with Crippen molar-refractivity contribution in [3.63, 3.8) is 0 Å². The number of aryl methyl sites for hydroxylation is 1. The zero-order valence-electron chi connectivity index (χ0n) is 20.4. The molecule has 5 aromatic rings. The van der Waals surface area contributed by atoms with Crippen LogP contribution in [0.3, 0.4) is 0 Å². The maximum Gasteiger partial charge on any atom is 0.518 e. The third kappa shape index (κ3) is 4.93. The summed E-state index contributed by atoms with van der Waals surface area (Å²) in [4.78, 5) is 16.1. The van der Waals surface area contributed by atoms with Gasteiger partial charge in [-0.25, -0.2) is 4.98 Å². The third-order valence-corrected chi connectivity index (χ3v) is 6.97. The predicted octanol–water partition coefficient (Wildman–Crippen LogP) is 4.90. The summed E-state index contributed by atoms with van der Waals surface area (Å²) in [5, 5.41) is 13.8. The Kier molecular flexibility index (Phi) is 6.34. The van der Waals surface area contributed by atoms with E-state index in [1.54, 1.807) is 49.6 Å². The Morgan fingerprint density at radius 2 is 1.69 bits per heavy atom. The van der Waals surface area contributed by atoms with Crippen molar-refractivity contribution in [1.29, 1.82) is 0 Å². The lowest BCUT2D eigenvalue weighted by Crippen LogP contribution is -2.30. The molecule has 0 aliphatic rings. The van der Waals surface area contributed by atoms with Crippen LogP contribution in [0.4, 0.5) is 30.4 Å². The molecule has 0 fully saturated rings. The second-order valence-corrected chi connectivity index (χ2v) is 10.3. The third-order valence-electron chi connectivity index (χ3n) is 5.65. The SMILES string of the molecule is CC(=O)Nc1cccc(-c2nn(S(=O)(=O)C(F)(F)F)c3cc(-c4cnn(C)c4)c(Nc4ccccc4)nc23)c1. The van der Waals surface area contributed by atoms with Crippen molar-refractivity contribution in [3.05, 3.63) is 73.1 Å². The summed E-state index contributed by atoms with van der Waals surface area (Å²) in [6.07, 6.45) is 3.10. The number of fused-ring (bicyclic) bond motifs is 1. The zero-order valence-corrected chi connectivity index (χ0v) is 21.2. The first-order valence-electron chi connectivity index (χ1n) is 11.4.